The molecule has 0 amide bonds. The molecule has 0 aliphatic carbocycles. The Morgan fingerprint density at radius 2 is 0.960 bits per heavy atom. The van der Waals surface area contributed by atoms with Gasteiger partial charge in [0.2, 0.25) is 0 Å². The van der Waals surface area contributed by atoms with E-state index >= 15 is 0 Å². The van der Waals surface area contributed by atoms with E-state index in [9.17, 15) is 0 Å². The molecule has 2 aromatic rings. The summed E-state index contributed by atoms with van der Waals surface area (Å²) >= 11 is 20.7. The summed E-state index contributed by atoms with van der Waals surface area (Å²) < 4.78 is -1.51. The van der Waals surface area contributed by atoms with Gasteiger partial charge in [-0.3, -0.25) is 0 Å². The fourth-order valence-electron chi connectivity index (χ4n) is 2.48. The molecule has 2 rings (SSSR count). The third-order valence-electron chi connectivity index (χ3n) is 3.64. The summed E-state index contributed by atoms with van der Waals surface area (Å²) in [4.78, 5) is 4.12. The Hall–Kier alpha value is -0.0665. The number of nitrogens with zero attached hydrogens (tertiary/aromatic N) is 2. The van der Waals surface area contributed by atoms with E-state index in [0.29, 0.717) is 0 Å². The zero-order valence-corrected chi connectivity index (χ0v) is 19.2. The fraction of sp³-hybridized carbons (Fsp3) is 0.333. The topological polar surface area (TPSA) is 6.48 Å². The number of hydrogen-bond donors (Lipinski definition) is 4. The monoisotopic (exact) mass is 454 g/mol. The maximum atomic E-state index is 4.87. The van der Waals surface area contributed by atoms with Crippen molar-refractivity contribution in [3.8, 4) is 0 Å². The van der Waals surface area contributed by atoms with Gasteiger partial charge in [-0.05, 0) is 0 Å². The van der Waals surface area contributed by atoms with Gasteiger partial charge < -0.3 is 0 Å². The van der Waals surface area contributed by atoms with Crippen LogP contribution in [0.2, 0.25) is 0 Å². The van der Waals surface area contributed by atoms with Gasteiger partial charge in [0.15, 0.2) is 0 Å². The SMILES string of the molecule is CN(C)c1ccccc1[C](S)(S)[Ni][C](S)(S)c1ccccc1N(C)C. The van der Waals surface area contributed by atoms with Gasteiger partial charge in [-0.1, -0.05) is 0 Å². The zero-order chi connectivity index (χ0) is 18.8. The first-order valence-electron chi connectivity index (χ1n) is 7.60. The normalized spacial score (nSPS) is 12.3. The summed E-state index contributed by atoms with van der Waals surface area (Å²) in [5.74, 6) is 0. The number of anilines is 2. The van der Waals surface area contributed by atoms with Crippen LogP contribution in [0, 0.1) is 0 Å². The molecule has 0 aliphatic rings. The summed E-state index contributed by atoms with van der Waals surface area (Å²) in [5.41, 5.74) is 4.18. The molecule has 0 heterocycles. The van der Waals surface area contributed by atoms with E-state index in [1.807, 2.05) is 64.6 Å². The second kappa shape index (κ2) is 8.30. The number of thiol groups is 4. The minimum atomic E-state index is -0.753. The van der Waals surface area contributed by atoms with Gasteiger partial charge in [0.1, 0.15) is 0 Å². The van der Waals surface area contributed by atoms with Crippen molar-refractivity contribution in [3.63, 3.8) is 0 Å². The summed E-state index contributed by atoms with van der Waals surface area (Å²) in [6.45, 7) is 0. The molecule has 0 saturated carbocycles. The van der Waals surface area contributed by atoms with Gasteiger partial charge in [-0.15, -0.1) is 0 Å². The Labute approximate surface area is 179 Å². The van der Waals surface area contributed by atoms with Crippen LogP contribution in [0.5, 0.6) is 0 Å². The molecule has 0 saturated heterocycles. The van der Waals surface area contributed by atoms with E-state index in [4.69, 9.17) is 50.5 Å². The van der Waals surface area contributed by atoms with E-state index in [-0.39, 0.29) is 0 Å². The van der Waals surface area contributed by atoms with Crippen LogP contribution in [0.25, 0.3) is 0 Å². The summed E-state index contributed by atoms with van der Waals surface area (Å²) in [7, 11) is 8.05. The molecule has 0 radical (unpaired) electrons. The van der Waals surface area contributed by atoms with Crippen molar-refractivity contribution >= 4 is 61.9 Å². The molecule has 0 fully saturated rings. The van der Waals surface area contributed by atoms with Crippen molar-refractivity contribution in [2.75, 3.05) is 38.0 Å². The fourth-order valence-corrected chi connectivity index (χ4v) is 7.07. The van der Waals surface area contributed by atoms with Crippen LogP contribution in [0.15, 0.2) is 48.5 Å². The average Bonchev–Trinajstić information content (AvgIpc) is 2.54. The van der Waals surface area contributed by atoms with Crippen LogP contribution in [0.4, 0.5) is 11.4 Å². The van der Waals surface area contributed by atoms with Crippen LogP contribution < -0.4 is 9.80 Å². The van der Waals surface area contributed by atoms with Crippen molar-refractivity contribution < 1.29 is 14.4 Å². The van der Waals surface area contributed by atoms with Crippen LogP contribution in [0.3, 0.4) is 0 Å². The van der Waals surface area contributed by atoms with E-state index in [0.717, 1.165) is 22.5 Å². The van der Waals surface area contributed by atoms with Crippen LogP contribution >= 0.6 is 50.5 Å². The zero-order valence-electron chi connectivity index (χ0n) is 14.6. The van der Waals surface area contributed by atoms with E-state index in [1.54, 1.807) is 0 Å². The molecule has 25 heavy (non-hydrogen) atoms. The van der Waals surface area contributed by atoms with Crippen molar-refractivity contribution in [2.45, 2.75) is 6.10 Å². The minimum absolute atomic E-state index is 0.753. The van der Waals surface area contributed by atoms with Crippen molar-refractivity contribution in [1.82, 2.24) is 0 Å². The van der Waals surface area contributed by atoms with Gasteiger partial charge >= 0.3 is 180 Å². The maximum absolute atomic E-state index is 4.87. The number of rotatable bonds is 6. The molecular formula is C18H24N2NiS4. The molecule has 0 spiro atoms. The van der Waals surface area contributed by atoms with Crippen molar-refractivity contribution in [1.29, 1.82) is 0 Å². The van der Waals surface area contributed by atoms with Crippen LogP contribution in [-0.4, -0.2) is 28.2 Å². The standard InChI is InChI=1S/2C9H12NS2.Ni/c2*1-10(2)8-6-4-3-5-7(8)9(11)12;/h2*3-6,11-12H,1-2H3;. The number of benzene rings is 2. The van der Waals surface area contributed by atoms with E-state index in [1.165, 1.54) is 14.4 Å². The van der Waals surface area contributed by atoms with Gasteiger partial charge in [0.25, 0.3) is 0 Å². The average molecular weight is 455 g/mol. The van der Waals surface area contributed by atoms with Crippen molar-refractivity contribution in [3.05, 3.63) is 59.7 Å². The first-order chi connectivity index (χ1) is 11.6. The predicted octanol–water partition coefficient (Wildman–Crippen LogP) is 4.54. The second-order valence-electron chi connectivity index (χ2n) is 5.99. The molecular weight excluding hydrogens is 431 g/mol. The molecule has 7 heteroatoms. The molecule has 0 bridgehead atoms. The molecule has 0 N–H and O–H groups in total. The summed E-state index contributed by atoms with van der Waals surface area (Å²) in [5, 5.41) is 0. The quantitative estimate of drug-likeness (QED) is 0.289. The number of hydrogen-bond acceptors (Lipinski definition) is 6. The first kappa shape index (κ1) is 21.2. The van der Waals surface area contributed by atoms with Crippen molar-refractivity contribution in [2.24, 2.45) is 0 Å². The Balaban J connectivity index is 2.43. The van der Waals surface area contributed by atoms with Gasteiger partial charge in [-0.25, -0.2) is 0 Å². The van der Waals surface area contributed by atoms with E-state index in [2.05, 4.69) is 21.9 Å². The molecule has 0 aliphatic heterocycles. The Bertz CT molecular complexity index is 671. The summed E-state index contributed by atoms with van der Waals surface area (Å²) in [6.07, 6.45) is 0. The molecule has 140 valence electrons. The Morgan fingerprint density at radius 3 is 1.28 bits per heavy atom. The van der Waals surface area contributed by atoms with Crippen LogP contribution in [-0.2, 0) is 20.5 Å². The molecule has 0 aromatic heterocycles. The molecule has 0 atom stereocenters. The Kier molecular flexibility index (Phi) is 7.05. The third kappa shape index (κ3) is 5.01. The predicted molar refractivity (Wildman–Crippen MR) is 121 cm³/mol. The Morgan fingerprint density at radius 1 is 0.640 bits per heavy atom. The van der Waals surface area contributed by atoms with Gasteiger partial charge in [0.05, 0.1) is 0 Å². The molecule has 0 unspecified atom stereocenters. The second-order valence-corrected chi connectivity index (χ2v) is 12.4. The molecule has 2 aromatic carbocycles. The first-order valence-corrected chi connectivity index (χ1v) is 10.4. The number of para-hydroxylation sites is 2. The van der Waals surface area contributed by atoms with E-state index < -0.39 is 6.10 Å². The van der Waals surface area contributed by atoms with Gasteiger partial charge in [-0.2, -0.15) is 0 Å². The summed E-state index contributed by atoms with van der Waals surface area (Å²) in [6, 6.07) is 16.2. The third-order valence-corrected chi connectivity index (χ3v) is 6.99. The van der Waals surface area contributed by atoms with Gasteiger partial charge in [0, 0.05) is 0 Å². The van der Waals surface area contributed by atoms with Crippen LogP contribution in [0.1, 0.15) is 11.1 Å². The molecule has 2 nitrogen and oxygen atoms in total.